The summed E-state index contributed by atoms with van der Waals surface area (Å²) in [6, 6.07) is 10.9. The lowest BCUT2D eigenvalue weighted by atomic mass is 10.0. The monoisotopic (exact) mass is 241 g/mol. The van der Waals surface area contributed by atoms with E-state index in [1.807, 2.05) is 31.2 Å². The van der Waals surface area contributed by atoms with Crippen LogP contribution in [0.5, 0.6) is 0 Å². The minimum Gasteiger partial charge on any atom is -0.478 e. The second kappa shape index (κ2) is 4.92. The predicted octanol–water partition coefficient (Wildman–Crippen LogP) is 3.53. The SMILES string of the molecule is C=C(C)CNc1ccc(C(=O)O)c2ccccc12. The van der Waals surface area contributed by atoms with Crippen LogP contribution in [-0.2, 0) is 0 Å². The van der Waals surface area contributed by atoms with Gasteiger partial charge >= 0.3 is 5.97 Å². The Morgan fingerprint density at radius 1 is 1.22 bits per heavy atom. The van der Waals surface area contributed by atoms with Crippen molar-refractivity contribution in [1.29, 1.82) is 0 Å². The maximum atomic E-state index is 11.2. The van der Waals surface area contributed by atoms with Crippen molar-refractivity contribution in [3.05, 3.63) is 54.1 Å². The predicted molar refractivity (Wildman–Crippen MR) is 74.2 cm³/mol. The highest BCUT2D eigenvalue weighted by molar-refractivity contribution is 6.07. The highest BCUT2D eigenvalue weighted by Crippen LogP contribution is 2.26. The van der Waals surface area contributed by atoms with Gasteiger partial charge in [-0.2, -0.15) is 0 Å². The molecule has 0 atom stereocenters. The highest BCUT2D eigenvalue weighted by atomic mass is 16.4. The Morgan fingerprint density at radius 2 is 1.89 bits per heavy atom. The van der Waals surface area contributed by atoms with E-state index >= 15 is 0 Å². The first kappa shape index (κ1) is 12.2. The summed E-state index contributed by atoms with van der Waals surface area (Å²) in [5, 5.41) is 14.1. The number of aromatic carboxylic acids is 1. The van der Waals surface area contributed by atoms with Gasteiger partial charge in [0.15, 0.2) is 0 Å². The van der Waals surface area contributed by atoms with Crippen LogP contribution >= 0.6 is 0 Å². The van der Waals surface area contributed by atoms with Crippen molar-refractivity contribution in [2.24, 2.45) is 0 Å². The number of rotatable bonds is 4. The van der Waals surface area contributed by atoms with Gasteiger partial charge in [-0.15, -0.1) is 0 Å². The number of hydrogen-bond donors (Lipinski definition) is 2. The highest BCUT2D eigenvalue weighted by Gasteiger charge is 2.10. The molecule has 18 heavy (non-hydrogen) atoms. The molecule has 0 saturated carbocycles. The summed E-state index contributed by atoms with van der Waals surface area (Å²) in [7, 11) is 0. The Balaban J connectivity index is 2.53. The molecule has 2 aromatic rings. The van der Waals surface area contributed by atoms with Crippen molar-refractivity contribution in [2.45, 2.75) is 6.92 Å². The van der Waals surface area contributed by atoms with Crippen LogP contribution in [0.15, 0.2) is 48.6 Å². The van der Waals surface area contributed by atoms with Gasteiger partial charge in [-0.3, -0.25) is 0 Å². The molecule has 0 fully saturated rings. The van der Waals surface area contributed by atoms with Gasteiger partial charge in [0.1, 0.15) is 0 Å². The Kier molecular flexibility index (Phi) is 3.33. The van der Waals surface area contributed by atoms with Crippen LogP contribution in [0.2, 0.25) is 0 Å². The van der Waals surface area contributed by atoms with Gasteiger partial charge in [0.25, 0.3) is 0 Å². The van der Waals surface area contributed by atoms with E-state index in [9.17, 15) is 4.79 Å². The lowest BCUT2D eigenvalue weighted by Gasteiger charge is -2.11. The molecular formula is C15H15NO2. The zero-order chi connectivity index (χ0) is 13.1. The number of anilines is 1. The molecule has 0 unspecified atom stereocenters. The standard InChI is InChI=1S/C15H15NO2/c1-10(2)9-16-14-8-7-13(15(17)18)11-5-3-4-6-12(11)14/h3-8,16H,1,9H2,2H3,(H,17,18). The molecule has 0 spiro atoms. The van der Waals surface area contributed by atoms with Gasteiger partial charge in [-0.05, 0) is 24.4 Å². The first-order valence-corrected chi connectivity index (χ1v) is 5.73. The molecule has 0 amide bonds. The minimum absolute atomic E-state index is 0.325. The smallest absolute Gasteiger partial charge is 0.336 e. The molecule has 0 aliphatic carbocycles. The van der Waals surface area contributed by atoms with Crippen LogP contribution in [-0.4, -0.2) is 17.6 Å². The maximum absolute atomic E-state index is 11.2. The van der Waals surface area contributed by atoms with E-state index in [1.54, 1.807) is 12.1 Å². The van der Waals surface area contributed by atoms with Crippen molar-refractivity contribution in [3.8, 4) is 0 Å². The molecule has 2 aromatic carbocycles. The number of hydrogen-bond acceptors (Lipinski definition) is 2. The van der Waals surface area contributed by atoms with Crippen LogP contribution in [0.1, 0.15) is 17.3 Å². The Hall–Kier alpha value is -2.29. The van der Waals surface area contributed by atoms with Crippen LogP contribution < -0.4 is 5.32 Å². The number of nitrogens with one attached hydrogen (secondary N) is 1. The molecule has 0 saturated heterocycles. The Morgan fingerprint density at radius 3 is 2.50 bits per heavy atom. The first-order valence-electron chi connectivity index (χ1n) is 5.73. The molecule has 2 rings (SSSR count). The van der Waals surface area contributed by atoms with Crippen LogP contribution in [0.25, 0.3) is 10.8 Å². The lowest BCUT2D eigenvalue weighted by Crippen LogP contribution is -2.04. The molecule has 0 aliphatic heterocycles. The van der Waals surface area contributed by atoms with Gasteiger partial charge in [0, 0.05) is 17.6 Å². The molecular weight excluding hydrogens is 226 g/mol. The zero-order valence-electron chi connectivity index (χ0n) is 10.2. The minimum atomic E-state index is -0.905. The summed E-state index contributed by atoms with van der Waals surface area (Å²) >= 11 is 0. The van der Waals surface area contributed by atoms with E-state index in [4.69, 9.17) is 5.11 Å². The first-order chi connectivity index (χ1) is 8.59. The summed E-state index contributed by atoms with van der Waals surface area (Å²) in [6.45, 7) is 6.46. The van der Waals surface area contributed by atoms with Crippen molar-refractivity contribution < 1.29 is 9.90 Å². The molecule has 0 aromatic heterocycles. The molecule has 0 bridgehead atoms. The van der Waals surface area contributed by atoms with E-state index in [1.165, 1.54) is 0 Å². The van der Waals surface area contributed by atoms with Gasteiger partial charge in [-0.25, -0.2) is 4.79 Å². The summed E-state index contributed by atoms with van der Waals surface area (Å²) in [4.78, 5) is 11.2. The topological polar surface area (TPSA) is 49.3 Å². The number of carbonyl (C=O) groups is 1. The quantitative estimate of drug-likeness (QED) is 0.805. The van der Waals surface area contributed by atoms with Crippen molar-refractivity contribution in [3.63, 3.8) is 0 Å². The zero-order valence-corrected chi connectivity index (χ0v) is 10.2. The van der Waals surface area contributed by atoms with E-state index in [0.29, 0.717) is 12.1 Å². The summed E-state index contributed by atoms with van der Waals surface area (Å²) in [5.41, 5.74) is 2.28. The largest absolute Gasteiger partial charge is 0.478 e. The molecule has 3 heteroatoms. The van der Waals surface area contributed by atoms with E-state index < -0.39 is 5.97 Å². The summed E-state index contributed by atoms with van der Waals surface area (Å²) < 4.78 is 0. The van der Waals surface area contributed by atoms with Crippen molar-refractivity contribution in [1.82, 2.24) is 0 Å². The lowest BCUT2D eigenvalue weighted by molar-refractivity contribution is 0.0699. The van der Waals surface area contributed by atoms with Gasteiger partial charge in [-0.1, -0.05) is 36.4 Å². The second-order valence-electron chi connectivity index (χ2n) is 4.32. The maximum Gasteiger partial charge on any atom is 0.336 e. The second-order valence-corrected chi connectivity index (χ2v) is 4.32. The van der Waals surface area contributed by atoms with Crippen LogP contribution in [0, 0.1) is 0 Å². The van der Waals surface area contributed by atoms with E-state index in [-0.39, 0.29) is 0 Å². The van der Waals surface area contributed by atoms with Gasteiger partial charge in [0.2, 0.25) is 0 Å². The summed E-state index contributed by atoms with van der Waals surface area (Å²) in [5.74, 6) is -0.905. The van der Waals surface area contributed by atoms with Crippen molar-refractivity contribution in [2.75, 3.05) is 11.9 Å². The molecule has 2 N–H and O–H groups in total. The van der Waals surface area contributed by atoms with E-state index in [0.717, 1.165) is 22.0 Å². The third-order valence-electron chi connectivity index (χ3n) is 2.74. The average molecular weight is 241 g/mol. The molecule has 0 radical (unpaired) electrons. The van der Waals surface area contributed by atoms with Crippen LogP contribution in [0.4, 0.5) is 5.69 Å². The van der Waals surface area contributed by atoms with E-state index in [2.05, 4.69) is 11.9 Å². The molecule has 92 valence electrons. The average Bonchev–Trinajstić information content (AvgIpc) is 2.35. The number of fused-ring (bicyclic) bond motifs is 1. The third kappa shape index (κ3) is 2.35. The number of carboxylic acids is 1. The number of carboxylic acid groups (broad SMARTS) is 1. The van der Waals surface area contributed by atoms with Gasteiger partial charge < -0.3 is 10.4 Å². The van der Waals surface area contributed by atoms with Gasteiger partial charge in [0.05, 0.1) is 5.56 Å². The third-order valence-corrected chi connectivity index (χ3v) is 2.74. The Bertz CT molecular complexity index is 617. The summed E-state index contributed by atoms with van der Waals surface area (Å²) in [6.07, 6.45) is 0. The van der Waals surface area contributed by atoms with Crippen LogP contribution in [0.3, 0.4) is 0 Å². The molecule has 0 heterocycles. The fourth-order valence-electron chi connectivity index (χ4n) is 1.89. The Labute approximate surface area is 106 Å². The molecule has 0 aliphatic rings. The number of benzene rings is 2. The fraction of sp³-hybridized carbons (Fsp3) is 0.133. The van der Waals surface area contributed by atoms with Crippen molar-refractivity contribution >= 4 is 22.4 Å². The molecule has 3 nitrogen and oxygen atoms in total. The fourth-order valence-corrected chi connectivity index (χ4v) is 1.89. The normalized spacial score (nSPS) is 10.3.